The van der Waals surface area contributed by atoms with Gasteiger partial charge < -0.3 is 4.90 Å². The summed E-state index contributed by atoms with van der Waals surface area (Å²) in [5.41, 5.74) is 1.28. The topological polar surface area (TPSA) is 76.8 Å². The number of carbonyl (C=O) groups is 1. The first-order valence-electron chi connectivity index (χ1n) is 8.46. The third kappa shape index (κ3) is 3.30. The van der Waals surface area contributed by atoms with Crippen molar-refractivity contribution in [3.05, 3.63) is 60.2 Å². The van der Waals surface area contributed by atoms with E-state index in [1.807, 2.05) is 30.3 Å². The molecule has 0 N–H and O–H groups in total. The van der Waals surface area contributed by atoms with Crippen molar-refractivity contribution in [3.63, 3.8) is 0 Å². The van der Waals surface area contributed by atoms with Gasteiger partial charge in [0.05, 0.1) is 11.6 Å². The molecule has 1 saturated heterocycles. The normalized spacial score (nSPS) is 17.3. The fourth-order valence-electron chi connectivity index (χ4n) is 3.10. The number of hydrogen-bond acceptors (Lipinski definition) is 5. The number of rotatable bonds is 3. The minimum Gasteiger partial charge on any atom is -0.336 e. The highest BCUT2D eigenvalue weighted by Gasteiger charge is 2.27. The number of hydrogen-bond donors (Lipinski definition) is 0. The Morgan fingerprint density at radius 1 is 1.15 bits per heavy atom. The Bertz CT molecular complexity index is 896. The van der Waals surface area contributed by atoms with Gasteiger partial charge in [0.25, 0.3) is 5.91 Å². The number of carbonyl (C=O) groups excluding carboxylic acids is 1. The van der Waals surface area contributed by atoms with Gasteiger partial charge in [-0.3, -0.25) is 4.79 Å². The summed E-state index contributed by atoms with van der Waals surface area (Å²) in [4.78, 5) is 19.5. The van der Waals surface area contributed by atoms with Crippen LogP contribution in [0.3, 0.4) is 0 Å². The molecule has 1 fully saturated rings. The van der Waals surface area contributed by atoms with E-state index < -0.39 is 5.95 Å². The minimum atomic E-state index is -0.599. The Morgan fingerprint density at radius 3 is 2.77 bits per heavy atom. The zero-order chi connectivity index (χ0) is 17.9. The number of nitrogens with zero attached hydrogens (tertiary/aromatic N) is 6. The molecule has 1 amide bonds. The molecule has 0 unspecified atom stereocenters. The number of tetrazole rings is 1. The standard InChI is InChI=1S/C18H17FN6O/c19-16-9-8-14(11-20-16)18(26)24-10-4-7-15(12-24)25-22-17(21-23-25)13-5-2-1-3-6-13/h1-3,5-6,8-9,11,15H,4,7,10,12H2/t15-/m0/s1. The van der Waals surface area contributed by atoms with Crippen LogP contribution in [-0.4, -0.2) is 49.1 Å². The Balaban J connectivity index is 1.49. The van der Waals surface area contributed by atoms with Gasteiger partial charge in [0, 0.05) is 24.8 Å². The highest BCUT2D eigenvalue weighted by molar-refractivity contribution is 5.93. The van der Waals surface area contributed by atoms with Crippen LogP contribution < -0.4 is 0 Å². The van der Waals surface area contributed by atoms with Gasteiger partial charge in [0.2, 0.25) is 11.8 Å². The van der Waals surface area contributed by atoms with Crippen molar-refractivity contribution >= 4 is 5.91 Å². The predicted octanol–water partition coefficient (Wildman–Crippen LogP) is 2.35. The van der Waals surface area contributed by atoms with E-state index in [9.17, 15) is 9.18 Å². The molecule has 1 aromatic carbocycles. The molecule has 0 bridgehead atoms. The van der Waals surface area contributed by atoms with Crippen LogP contribution in [-0.2, 0) is 0 Å². The van der Waals surface area contributed by atoms with Gasteiger partial charge in [-0.1, -0.05) is 30.3 Å². The molecule has 2 aromatic heterocycles. The first kappa shape index (κ1) is 16.3. The fraction of sp³-hybridized carbons (Fsp3) is 0.278. The zero-order valence-corrected chi connectivity index (χ0v) is 14.0. The summed E-state index contributed by atoms with van der Waals surface area (Å²) in [7, 11) is 0. The van der Waals surface area contributed by atoms with Gasteiger partial charge in [-0.2, -0.15) is 9.19 Å². The maximum Gasteiger partial charge on any atom is 0.255 e. The monoisotopic (exact) mass is 352 g/mol. The van der Waals surface area contributed by atoms with E-state index in [2.05, 4.69) is 20.4 Å². The second-order valence-corrected chi connectivity index (χ2v) is 6.22. The summed E-state index contributed by atoms with van der Waals surface area (Å²) in [5.74, 6) is -0.194. The first-order valence-corrected chi connectivity index (χ1v) is 8.46. The van der Waals surface area contributed by atoms with Crippen LogP contribution in [0.1, 0.15) is 29.2 Å². The highest BCUT2D eigenvalue weighted by Crippen LogP contribution is 2.22. The lowest BCUT2D eigenvalue weighted by molar-refractivity contribution is 0.0662. The number of amides is 1. The molecule has 0 aliphatic carbocycles. The molecule has 3 heterocycles. The van der Waals surface area contributed by atoms with Gasteiger partial charge in [-0.15, -0.1) is 10.2 Å². The SMILES string of the molecule is O=C(c1ccc(F)nc1)N1CCC[C@H](n2nnc(-c3ccccc3)n2)C1. The lowest BCUT2D eigenvalue weighted by atomic mass is 10.1. The van der Waals surface area contributed by atoms with Crippen LogP contribution in [0, 0.1) is 5.95 Å². The molecule has 1 aliphatic rings. The third-order valence-corrected chi connectivity index (χ3v) is 4.44. The van der Waals surface area contributed by atoms with Crippen molar-refractivity contribution < 1.29 is 9.18 Å². The summed E-state index contributed by atoms with van der Waals surface area (Å²) in [5, 5.41) is 12.8. The molecule has 1 aliphatic heterocycles. The molecule has 7 nitrogen and oxygen atoms in total. The molecule has 0 radical (unpaired) electrons. The summed E-state index contributed by atoms with van der Waals surface area (Å²) in [6.45, 7) is 1.13. The highest BCUT2D eigenvalue weighted by atomic mass is 19.1. The number of aromatic nitrogens is 5. The largest absolute Gasteiger partial charge is 0.336 e. The van der Waals surface area contributed by atoms with E-state index in [4.69, 9.17) is 0 Å². The molecule has 132 valence electrons. The Kier molecular flexibility index (Phi) is 4.39. The lowest BCUT2D eigenvalue weighted by Crippen LogP contribution is -2.41. The number of piperidine rings is 1. The average Bonchev–Trinajstić information content (AvgIpc) is 3.19. The van der Waals surface area contributed by atoms with Crippen LogP contribution in [0.25, 0.3) is 11.4 Å². The second kappa shape index (κ2) is 6.99. The quantitative estimate of drug-likeness (QED) is 0.676. The van der Waals surface area contributed by atoms with E-state index >= 15 is 0 Å². The van der Waals surface area contributed by atoms with Gasteiger partial charge in [-0.25, -0.2) is 4.98 Å². The molecule has 4 rings (SSSR count). The van der Waals surface area contributed by atoms with Gasteiger partial charge >= 0.3 is 0 Å². The zero-order valence-electron chi connectivity index (χ0n) is 14.0. The van der Waals surface area contributed by atoms with Crippen LogP contribution in [0.5, 0.6) is 0 Å². The van der Waals surface area contributed by atoms with E-state index in [-0.39, 0.29) is 11.9 Å². The number of likely N-dealkylation sites (tertiary alicyclic amines) is 1. The second-order valence-electron chi connectivity index (χ2n) is 6.22. The Morgan fingerprint density at radius 2 is 2.00 bits per heavy atom. The number of halogens is 1. The molecule has 8 heteroatoms. The number of benzene rings is 1. The molecular weight excluding hydrogens is 335 g/mol. The summed E-state index contributed by atoms with van der Waals surface area (Å²) in [6, 6.07) is 12.3. The lowest BCUT2D eigenvalue weighted by Gasteiger charge is -2.31. The van der Waals surface area contributed by atoms with E-state index in [1.165, 1.54) is 18.3 Å². The molecule has 0 spiro atoms. The molecular formula is C18H17FN6O. The number of pyridine rings is 1. The average molecular weight is 352 g/mol. The van der Waals surface area contributed by atoms with E-state index in [0.29, 0.717) is 24.5 Å². The van der Waals surface area contributed by atoms with Crippen molar-refractivity contribution in [1.29, 1.82) is 0 Å². The van der Waals surface area contributed by atoms with Crippen LogP contribution in [0.4, 0.5) is 4.39 Å². The van der Waals surface area contributed by atoms with E-state index in [0.717, 1.165) is 18.4 Å². The summed E-state index contributed by atoms with van der Waals surface area (Å²) < 4.78 is 13.0. The van der Waals surface area contributed by atoms with Crippen LogP contribution >= 0.6 is 0 Å². The Labute approximate surface area is 149 Å². The van der Waals surface area contributed by atoms with Crippen molar-refractivity contribution in [3.8, 4) is 11.4 Å². The smallest absolute Gasteiger partial charge is 0.255 e. The predicted molar refractivity (Wildman–Crippen MR) is 91.6 cm³/mol. The maximum atomic E-state index is 13.0. The van der Waals surface area contributed by atoms with Crippen molar-refractivity contribution in [2.75, 3.05) is 13.1 Å². The summed E-state index contributed by atoms with van der Waals surface area (Å²) >= 11 is 0. The molecule has 26 heavy (non-hydrogen) atoms. The molecule has 0 saturated carbocycles. The Hall–Kier alpha value is -3.16. The van der Waals surface area contributed by atoms with E-state index in [1.54, 1.807) is 9.70 Å². The van der Waals surface area contributed by atoms with Crippen LogP contribution in [0.2, 0.25) is 0 Å². The summed E-state index contributed by atoms with van der Waals surface area (Å²) in [6.07, 6.45) is 2.98. The molecule has 1 atom stereocenters. The van der Waals surface area contributed by atoms with Crippen LogP contribution in [0.15, 0.2) is 48.7 Å². The van der Waals surface area contributed by atoms with Crippen molar-refractivity contribution in [2.45, 2.75) is 18.9 Å². The van der Waals surface area contributed by atoms with Crippen molar-refractivity contribution in [2.24, 2.45) is 0 Å². The first-order chi connectivity index (χ1) is 12.7. The van der Waals surface area contributed by atoms with Gasteiger partial charge in [0.15, 0.2) is 0 Å². The molecule has 3 aromatic rings. The fourth-order valence-corrected chi connectivity index (χ4v) is 3.10. The van der Waals surface area contributed by atoms with Crippen molar-refractivity contribution in [1.82, 2.24) is 30.1 Å². The van der Waals surface area contributed by atoms with Gasteiger partial charge in [-0.05, 0) is 30.2 Å². The third-order valence-electron chi connectivity index (χ3n) is 4.44. The maximum absolute atomic E-state index is 13.0. The minimum absolute atomic E-state index is 0.0360. The van der Waals surface area contributed by atoms with Gasteiger partial charge in [0.1, 0.15) is 0 Å².